The number of carbonyl (C=O) groups excluding carboxylic acids is 2. The Morgan fingerprint density at radius 3 is 2.34 bits per heavy atom. The third-order valence-electron chi connectivity index (χ3n) is 6.28. The molecule has 32 heavy (non-hydrogen) atoms. The molecule has 2 atom stereocenters. The molecule has 0 radical (unpaired) electrons. The maximum Gasteiger partial charge on any atom is 0.411 e. The van der Waals surface area contributed by atoms with Crippen molar-refractivity contribution in [2.24, 2.45) is 0 Å². The molecule has 1 aromatic rings. The fourth-order valence-corrected chi connectivity index (χ4v) is 4.43. The Labute approximate surface area is 180 Å². The molecule has 1 saturated carbocycles. The van der Waals surface area contributed by atoms with Crippen LogP contribution in [0.3, 0.4) is 0 Å². The molecule has 3 saturated heterocycles. The van der Waals surface area contributed by atoms with Gasteiger partial charge in [0, 0.05) is 43.0 Å². The number of benzene rings is 1. The number of hydrogen-bond donors (Lipinski definition) is 2. The highest BCUT2D eigenvalue weighted by molar-refractivity contribution is 5.92. The number of fused-ring (bicyclic) bond motifs is 2. The molecule has 2 bridgehead atoms. The second-order valence-electron chi connectivity index (χ2n) is 8.56. The molecule has 2 amide bonds. The molecule has 0 spiro atoms. The van der Waals surface area contributed by atoms with Crippen LogP contribution < -0.4 is 15.4 Å². The minimum Gasteiger partial charge on any atom is -0.493 e. The standard InChI is InChI=1S/C20H23F5N4O3/c1-32-15-5-11(4-14(21)18(15)22)26-16(30)9-28-7-12-6-13(8-28)29(12)10-17(31)27-19(2-3-19)20(23,24)25/h4-5,12-13H,2-3,6-10H2,1H3,(H,26,30)(H,27,31). The zero-order valence-corrected chi connectivity index (χ0v) is 17.3. The Balaban J connectivity index is 1.26. The summed E-state index contributed by atoms with van der Waals surface area (Å²) in [6.45, 7) is 0.846. The number of piperidine rings is 1. The van der Waals surface area contributed by atoms with Crippen LogP contribution in [0.5, 0.6) is 5.75 Å². The SMILES string of the molecule is COc1cc(NC(=O)CN2CC3CC(C2)N3CC(=O)NC2(C(F)(F)F)CC2)cc(F)c1F. The number of hydrogen-bond acceptors (Lipinski definition) is 5. The summed E-state index contributed by atoms with van der Waals surface area (Å²) in [5.74, 6) is -3.69. The number of piperazine rings is 1. The Bertz CT molecular complexity index is 909. The topological polar surface area (TPSA) is 73.9 Å². The number of nitrogens with zero attached hydrogens (tertiary/aromatic N) is 2. The predicted molar refractivity (Wildman–Crippen MR) is 103 cm³/mol. The van der Waals surface area contributed by atoms with E-state index in [4.69, 9.17) is 4.74 Å². The van der Waals surface area contributed by atoms with E-state index >= 15 is 0 Å². The molecule has 5 rings (SSSR count). The minimum atomic E-state index is -4.45. The van der Waals surface area contributed by atoms with Crippen molar-refractivity contribution in [2.75, 3.05) is 38.6 Å². The highest BCUT2D eigenvalue weighted by Gasteiger charge is 2.64. The number of alkyl halides is 3. The minimum absolute atomic E-state index is 0.00549. The van der Waals surface area contributed by atoms with E-state index in [0.717, 1.165) is 12.5 Å². The molecule has 3 heterocycles. The molecule has 1 aromatic carbocycles. The Morgan fingerprint density at radius 1 is 1.12 bits per heavy atom. The van der Waals surface area contributed by atoms with Gasteiger partial charge < -0.3 is 15.4 Å². The summed E-state index contributed by atoms with van der Waals surface area (Å²) in [6, 6.07) is 1.98. The third kappa shape index (κ3) is 4.38. The van der Waals surface area contributed by atoms with E-state index < -0.39 is 35.2 Å². The number of ether oxygens (including phenoxy) is 1. The van der Waals surface area contributed by atoms with Crippen molar-refractivity contribution in [2.45, 2.75) is 43.1 Å². The molecule has 12 heteroatoms. The van der Waals surface area contributed by atoms with Crippen molar-refractivity contribution in [1.29, 1.82) is 0 Å². The molecular weight excluding hydrogens is 439 g/mol. The molecule has 4 aliphatic rings. The van der Waals surface area contributed by atoms with Crippen LogP contribution in [-0.4, -0.2) is 78.7 Å². The largest absolute Gasteiger partial charge is 0.493 e. The second kappa shape index (κ2) is 8.14. The van der Waals surface area contributed by atoms with E-state index in [-0.39, 0.29) is 49.5 Å². The highest BCUT2D eigenvalue weighted by Crippen LogP contribution is 2.49. The third-order valence-corrected chi connectivity index (χ3v) is 6.28. The van der Waals surface area contributed by atoms with Crippen LogP contribution >= 0.6 is 0 Å². The number of amides is 2. The van der Waals surface area contributed by atoms with E-state index in [2.05, 4.69) is 10.6 Å². The number of anilines is 1. The first-order valence-electron chi connectivity index (χ1n) is 10.2. The normalized spacial score (nSPS) is 24.4. The average Bonchev–Trinajstić information content (AvgIpc) is 3.49. The van der Waals surface area contributed by atoms with Gasteiger partial charge in [0.05, 0.1) is 20.2 Å². The zero-order chi connectivity index (χ0) is 23.3. The summed E-state index contributed by atoms with van der Waals surface area (Å²) in [4.78, 5) is 28.2. The van der Waals surface area contributed by atoms with E-state index in [1.807, 2.05) is 9.80 Å². The first kappa shape index (κ1) is 22.7. The molecule has 1 aliphatic carbocycles. The van der Waals surface area contributed by atoms with E-state index in [9.17, 15) is 31.5 Å². The van der Waals surface area contributed by atoms with Gasteiger partial charge in [-0.3, -0.25) is 19.4 Å². The molecule has 4 fully saturated rings. The van der Waals surface area contributed by atoms with Gasteiger partial charge >= 0.3 is 6.18 Å². The first-order chi connectivity index (χ1) is 15.0. The van der Waals surface area contributed by atoms with Crippen molar-refractivity contribution in [3.8, 4) is 5.75 Å². The molecule has 2 N–H and O–H groups in total. The Hall–Kier alpha value is -2.47. The van der Waals surface area contributed by atoms with Crippen LogP contribution in [0.25, 0.3) is 0 Å². The molecule has 7 nitrogen and oxygen atoms in total. The summed E-state index contributed by atoms with van der Waals surface area (Å²) in [5.41, 5.74) is -2.01. The molecule has 2 unspecified atom stereocenters. The van der Waals surface area contributed by atoms with Gasteiger partial charge in [-0.25, -0.2) is 4.39 Å². The van der Waals surface area contributed by atoms with Gasteiger partial charge in [-0.2, -0.15) is 17.6 Å². The number of halogens is 5. The van der Waals surface area contributed by atoms with Gasteiger partial charge in [0.25, 0.3) is 0 Å². The number of methoxy groups -OCH3 is 1. The molecule has 176 valence electrons. The smallest absolute Gasteiger partial charge is 0.411 e. The lowest BCUT2D eigenvalue weighted by atomic mass is 9.87. The van der Waals surface area contributed by atoms with Crippen LogP contribution in [0.15, 0.2) is 12.1 Å². The van der Waals surface area contributed by atoms with Crippen LogP contribution in [0.4, 0.5) is 27.6 Å². The Kier molecular flexibility index (Phi) is 5.78. The van der Waals surface area contributed by atoms with Crippen molar-refractivity contribution in [3.05, 3.63) is 23.8 Å². The van der Waals surface area contributed by atoms with Gasteiger partial charge in [0.15, 0.2) is 11.6 Å². The fourth-order valence-electron chi connectivity index (χ4n) is 4.43. The van der Waals surface area contributed by atoms with Crippen molar-refractivity contribution in [1.82, 2.24) is 15.1 Å². The van der Waals surface area contributed by atoms with E-state index in [0.29, 0.717) is 13.1 Å². The summed E-state index contributed by atoms with van der Waals surface area (Å²) in [7, 11) is 1.18. The van der Waals surface area contributed by atoms with E-state index in [1.54, 1.807) is 0 Å². The molecule has 0 aromatic heterocycles. The fraction of sp³-hybridized carbons (Fsp3) is 0.600. The van der Waals surface area contributed by atoms with Crippen LogP contribution in [-0.2, 0) is 9.59 Å². The lowest BCUT2D eigenvalue weighted by molar-refractivity contribution is -0.172. The van der Waals surface area contributed by atoms with Gasteiger partial charge in [-0.1, -0.05) is 0 Å². The lowest BCUT2D eigenvalue weighted by Crippen LogP contribution is -2.70. The van der Waals surface area contributed by atoms with Gasteiger partial charge in [0.1, 0.15) is 5.54 Å². The average molecular weight is 462 g/mol. The van der Waals surface area contributed by atoms with Gasteiger partial charge in [-0.15, -0.1) is 0 Å². The summed E-state index contributed by atoms with van der Waals surface area (Å²) in [6.07, 6.45) is -3.84. The molecule has 3 aliphatic heterocycles. The van der Waals surface area contributed by atoms with Crippen molar-refractivity contribution in [3.63, 3.8) is 0 Å². The monoisotopic (exact) mass is 462 g/mol. The second-order valence-corrected chi connectivity index (χ2v) is 8.56. The number of nitrogens with one attached hydrogen (secondary N) is 2. The maximum atomic E-state index is 13.6. The number of carbonyl (C=O) groups is 2. The first-order valence-corrected chi connectivity index (χ1v) is 10.2. The zero-order valence-electron chi connectivity index (χ0n) is 17.3. The van der Waals surface area contributed by atoms with Crippen LogP contribution in [0, 0.1) is 11.6 Å². The number of rotatable bonds is 7. The molecular formula is C20H23F5N4O3. The summed E-state index contributed by atoms with van der Waals surface area (Å²) >= 11 is 0. The predicted octanol–water partition coefficient (Wildman–Crippen LogP) is 1.88. The van der Waals surface area contributed by atoms with Crippen molar-refractivity contribution < 1.29 is 36.3 Å². The van der Waals surface area contributed by atoms with Crippen LogP contribution in [0.2, 0.25) is 0 Å². The summed E-state index contributed by atoms with van der Waals surface area (Å²) in [5, 5.41) is 4.63. The quantitative estimate of drug-likeness (QED) is 0.606. The van der Waals surface area contributed by atoms with E-state index in [1.165, 1.54) is 13.2 Å². The van der Waals surface area contributed by atoms with Gasteiger partial charge in [-0.05, 0) is 19.3 Å². The van der Waals surface area contributed by atoms with Gasteiger partial charge in [0.2, 0.25) is 17.6 Å². The highest BCUT2D eigenvalue weighted by atomic mass is 19.4. The van der Waals surface area contributed by atoms with Crippen molar-refractivity contribution >= 4 is 17.5 Å². The maximum absolute atomic E-state index is 13.6. The lowest BCUT2D eigenvalue weighted by Gasteiger charge is -2.56. The summed E-state index contributed by atoms with van der Waals surface area (Å²) < 4.78 is 70.9. The Morgan fingerprint density at radius 2 is 1.78 bits per heavy atom. The van der Waals surface area contributed by atoms with Crippen LogP contribution in [0.1, 0.15) is 19.3 Å².